The molecule has 0 atom stereocenters. The summed E-state index contributed by atoms with van der Waals surface area (Å²) in [6.45, 7) is 6.20. The van der Waals surface area contributed by atoms with Crippen LogP contribution in [0.5, 0.6) is 0 Å². The molecule has 0 N–H and O–H groups in total. The summed E-state index contributed by atoms with van der Waals surface area (Å²) in [5.41, 5.74) is 4.24. The van der Waals surface area contributed by atoms with E-state index >= 15 is 0 Å². The Kier molecular flexibility index (Phi) is 6.95. The molecule has 34 heavy (non-hydrogen) atoms. The van der Waals surface area contributed by atoms with Gasteiger partial charge in [-0.15, -0.1) is 22.7 Å². The second-order valence-electron chi connectivity index (χ2n) is 7.35. The van der Waals surface area contributed by atoms with Crippen LogP contribution in [0.25, 0.3) is 32.4 Å². The molecule has 0 amide bonds. The first-order chi connectivity index (χ1) is 16.6. The number of hydrogen-bond donors (Lipinski definition) is 0. The van der Waals surface area contributed by atoms with Gasteiger partial charge in [-0.3, -0.25) is 0 Å². The van der Waals surface area contributed by atoms with E-state index in [1.807, 2.05) is 30.3 Å². The highest BCUT2D eigenvalue weighted by Crippen LogP contribution is 2.39. The fourth-order valence-corrected chi connectivity index (χ4v) is 5.67. The van der Waals surface area contributed by atoms with Gasteiger partial charge in [0.05, 0.1) is 26.7 Å². The normalized spacial score (nSPS) is 10.2. The number of thiophene rings is 2. The van der Waals surface area contributed by atoms with Crippen LogP contribution in [-0.2, 0) is 0 Å². The fourth-order valence-electron chi connectivity index (χ4n) is 3.91. The molecule has 3 heterocycles. The smallest absolute Gasteiger partial charge is 0.148 e. The zero-order valence-electron chi connectivity index (χ0n) is 18.8. The first-order valence-electron chi connectivity index (χ1n) is 10.8. The van der Waals surface area contributed by atoms with Crippen LogP contribution in [0, 0.1) is 34.0 Å². The van der Waals surface area contributed by atoms with Gasteiger partial charge in [-0.1, -0.05) is 6.07 Å². The quantitative estimate of drug-likeness (QED) is 0.265. The first kappa shape index (κ1) is 23.1. The van der Waals surface area contributed by atoms with Gasteiger partial charge in [0.1, 0.15) is 23.8 Å². The molecule has 0 unspecified atom stereocenters. The van der Waals surface area contributed by atoms with Gasteiger partial charge in [0, 0.05) is 29.3 Å². The number of nitriles is 3. The third-order valence-corrected chi connectivity index (χ3v) is 7.60. The molecule has 3 aromatic heterocycles. The van der Waals surface area contributed by atoms with Crippen molar-refractivity contribution in [1.29, 1.82) is 15.8 Å². The minimum atomic E-state index is -0.169. The van der Waals surface area contributed by atoms with Crippen molar-refractivity contribution in [3.05, 3.63) is 76.5 Å². The molecule has 1 aromatic carbocycles. The lowest BCUT2D eigenvalue weighted by Crippen LogP contribution is -2.21. The lowest BCUT2D eigenvalue weighted by atomic mass is 10.1. The number of rotatable bonds is 7. The minimum absolute atomic E-state index is 0.112. The molecule has 0 fully saturated rings. The summed E-state index contributed by atoms with van der Waals surface area (Å²) in [6.07, 6.45) is 0. The SMILES string of the molecule is CCN(CC)c1ccc(-n2c(-c3cccs3)ccc2-c2ccc(C(C#N)=C(C#N)C#N)s2)cc1. The predicted octanol–water partition coefficient (Wildman–Crippen LogP) is 7.10. The Labute approximate surface area is 207 Å². The van der Waals surface area contributed by atoms with E-state index in [0.717, 1.165) is 39.9 Å². The second-order valence-corrected chi connectivity index (χ2v) is 9.39. The molecule has 4 rings (SSSR count). The average molecular weight is 480 g/mol. The Hall–Kier alpha value is -4.09. The summed E-state index contributed by atoms with van der Waals surface area (Å²) in [4.78, 5) is 5.03. The number of anilines is 1. The third-order valence-electron chi connectivity index (χ3n) is 5.58. The third kappa shape index (κ3) is 4.26. The Bertz CT molecular complexity index is 1430. The lowest BCUT2D eigenvalue weighted by Gasteiger charge is -2.21. The van der Waals surface area contributed by atoms with Gasteiger partial charge in [0.15, 0.2) is 0 Å². The highest BCUT2D eigenvalue weighted by molar-refractivity contribution is 7.16. The average Bonchev–Trinajstić information content (AvgIpc) is 3.64. The molecule has 0 saturated heterocycles. The summed E-state index contributed by atoms with van der Waals surface area (Å²) >= 11 is 3.09. The highest BCUT2D eigenvalue weighted by atomic mass is 32.1. The number of aromatic nitrogens is 1. The van der Waals surface area contributed by atoms with Crippen LogP contribution in [0.4, 0.5) is 5.69 Å². The molecule has 0 saturated carbocycles. The van der Waals surface area contributed by atoms with E-state index in [0.29, 0.717) is 4.88 Å². The summed E-state index contributed by atoms with van der Waals surface area (Å²) < 4.78 is 2.22. The zero-order valence-corrected chi connectivity index (χ0v) is 20.5. The van der Waals surface area contributed by atoms with E-state index in [9.17, 15) is 15.8 Å². The van der Waals surface area contributed by atoms with Gasteiger partial charge in [-0.2, -0.15) is 15.8 Å². The molecule has 7 heteroatoms. The van der Waals surface area contributed by atoms with Crippen molar-refractivity contribution in [2.24, 2.45) is 0 Å². The standard InChI is InChI=1S/C27H21N5S2/c1-3-31(4-2)20-7-9-21(10-8-20)32-23(26-6-5-15-33-26)11-12-24(32)27-14-13-25(34-27)22(18-30)19(16-28)17-29/h5-15H,3-4H2,1-2H3. The van der Waals surface area contributed by atoms with E-state index in [1.54, 1.807) is 17.4 Å². The van der Waals surface area contributed by atoms with Gasteiger partial charge in [-0.05, 0) is 73.8 Å². The Balaban J connectivity index is 1.85. The highest BCUT2D eigenvalue weighted by Gasteiger charge is 2.18. The van der Waals surface area contributed by atoms with Crippen LogP contribution in [0.3, 0.4) is 0 Å². The minimum Gasteiger partial charge on any atom is -0.372 e. The van der Waals surface area contributed by atoms with Crippen molar-refractivity contribution in [1.82, 2.24) is 4.57 Å². The summed E-state index contributed by atoms with van der Waals surface area (Å²) in [5, 5.41) is 30.1. The summed E-state index contributed by atoms with van der Waals surface area (Å²) in [5.74, 6) is 0. The molecule has 0 radical (unpaired) electrons. The Morgan fingerprint density at radius 3 is 2.06 bits per heavy atom. The maximum Gasteiger partial charge on any atom is 0.148 e. The van der Waals surface area contributed by atoms with Gasteiger partial charge in [0.25, 0.3) is 0 Å². The molecule has 0 aliphatic heterocycles. The number of nitrogens with zero attached hydrogens (tertiary/aromatic N) is 5. The van der Waals surface area contributed by atoms with E-state index in [2.05, 4.69) is 71.2 Å². The van der Waals surface area contributed by atoms with Gasteiger partial charge in [-0.25, -0.2) is 0 Å². The van der Waals surface area contributed by atoms with Crippen LogP contribution < -0.4 is 4.90 Å². The van der Waals surface area contributed by atoms with Crippen LogP contribution in [0.2, 0.25) is 0 Å². The number of allylic oxidation sites excluding steroid dienone is 2. The van der Waals surface area contributed by atoms with Crippen molar-refractivity contribution in [2.45, 2.75) is 13.8 Å². The van der Waals surface area contributed by atoms with Crippen molar-refractivity contribution in [3.63, 3.8) is 0 Å². The Morgan fingerprint density at radius 2 is 1.50 bits per heavy atom. The molecule has 0 bridgehead atoms. The second kappa shape index (κ2) is 10.2. The molecule has 166 valence electrons. The molecule has 5 nitrogen and oxygen atoms in total. The van der Waals surface area contributed by atoms with Crippen molar-refractivity contribution in [2.75, 3.05) is 18.0 Å². The summed E-state index contributed by atoms with van der Waals surface area (Å²) in [6, 6.07) is 26.3. The maximum absolute atomic E-state index is 9.55. The first-order valence-corrected chi connectivity index (χ1v) is 12.5. The molecule has 0 aliphatic rings. The topological polar surface area (TPSA) is 79.5 Å². The number of hydrogen-bond acceptors (Lipinski definition) is 6. The van der Waals surface area contributed by atoms with Crippen molar-refractivity contribution in [3.8, 4) is 45.0 Å². The van der Waals surface area contributed by atoms with E-state index < -0.39 is 0 Å². The van der Waals surface area contributed by atoms with Gasteiger partial charge >= 0.3 is 0 Å². The van der Waals surface area contributed by atoms with Crippen LogP contribution >= 0.6 is 22.7 Å². The maximum atomic E-state index is 9.55. The van der Waals surface area contributed by atoms with Gasteiger partial charge < -0.3 is 9.47 Å². The van der Waals surface area contributed by atoms with Crippen molar-refractivity contribution < 1.29 is 0 Å². The lowest BCUT2D eigenvalue weighted by molar-refractivity contribution is 0.866. The van der Waals surface area contributed by atoms with Gasteiger partial charge in [0.2, 0.25) is 0 Å². The van der Waals surface area contributed by atoms with E-state index in [4.69, 9.17) is 0 Å². The number of benzene rings is 1. The zero-order chi connectivity index (χ0) is 24.1. The molecule has 0 aliphatic carbocycles. The molecular weight excluding hydrogens is 458 g/mol. The van der Waals surface area contributed by atoms with E-state index in [-0.39, 0.29) is 11.1 Å². The van der Waals surface area contributed by atoms with Crippen LogP contribution in [0.15, 0.2) is 71.6 Å². The van der Waals surface area contributed by atoms with Crippen LogP contribution in [0.1, 0.15) is 18.7 Å². The van der Waals surface area contributed by atoms with E-state index in [1.165, 1.54) is 17.0 Å². The summed E-state index contributed by atoms with van der Waals surface area (Å²) in [7, 11) is 0. The fraction of sp³-hybridized carbons (Fsp3) is 0.148. The predicted molar refractivity (Wildman–Crippen MR) is 140 cm³/mol. The monoisotopic (exact) mass is 479 g/mol. The van der Waals surface area contributed by atoms with Crippen LogP contribution in [-0.4, -0.2) is 17.7 Å². The molecule has 4 aromatic rings. The Morgan fingerprint density at radius 1 is 0.824 bits per heavy atom. The largest absolute Gasteiger partial charge is 0.372 e. The molecule has 0 spiro atoms. The molecular formula is C27H21N5S2. The van der Waals surface area contributed by atoms with Crippen molar-refractivity contribution >= 4 is 33.9 Å².